The van der Waals surface area contributed by atoms with E-state index in [0.717, 1.165) is 37.2 Å². The van der Waals surface area contributed by atoms with Crippen molar-refractivity contribution in [1.82, 2.24) is 15.2 Å². The van der Waals surface area contributed by atoms with Crippen molar-refractivity contribution in [3.63, 3.8) is 0 Å². The summed E-state index contributed by atoms with van der Waals surface area (Å²) in [6.07, 6.45) is 4.13. The highest BCUT2D eigenvalue weighted by molar-refractivity contribution is 7.99. The highest BCUT2D eigenvalue weighted by Crippen LogP contribution is 2.13. The molecule has 0 aliphatic carbocycles. The Hall–Kier alpha value is -0.590. The van der Waals surface area contributed by atoms with E-state index in [0.29, 0.717) is 6.10 Å². The van der Waals surface area contributed by atoms with Crippen LogP contribution in [0.2, 0.25) is 0 Å². The van der Waals surface area contributed by atoms with Crippen molar-refractivity contribution in [1.29, 1.82) is 0 Å². The number of H-pyrrole nitrogens is 1. The summed E-state index contributed by atoms with van der Waals surface area (Å²) >= 11 is 1.61. The molecule has 1 saturated heterocycles. The second-order valence-electron chi connectivity index (χ2n) is 3.35. The van der Waals surface area contributed by atoms with Crippen LogP contribution in [0.15, 0.2) is 11.5 Å². The zero-order chi connectivity index (χ0) is 10.3. The van der Waals surface area contributed by atoms with Crippen LogP contribution in [-0.4, -0.2) is 46.9 Å². The van der Waals surface area contributed by atoms with Crippen LogP contribution in [0.25, 0.3) is 0 Å². The van der Waals surface area contributed by atoms with Gasteiger partial charge in [-0.25, -0.2) is 4.98 Å². The molecule has 5 nitrogen and oxygen atoms in total. The molecule has 2 rings (SSSR count). The number of thioether (sulfide) groups is 1. The van der Waals surface area contributed by atoms with E-state index in [1.54, 1.807) is 11.8 Å². The fourth-order valence-electron chi connectivity index (χ4n) is 1.45. The third-order valence-electron chi connectivity index (χ3n) is 2.19. The lowest BCUT2D eigenvalue weighted by atomic mass is 10.2. The van der Waals surface area contributed by atoms with Gasteiger partial charge in [-0.1, -0.05) is 11.8 Å². The Morgan fingerprint density at radius 3 is 3.40 bits per heavy atom. The van der Waals surface area contributed by atoms with Crippen molar-refractivity contribution in [3.05, 3.63) is 6.33 Å². The molecule has 1 fully saturated rings. The molecular weight excluding hydrogens is 214 g/mol. The van der Waals surface area contributed by atoms with Crippen LogP contribution in [0, 0.1) is 0 Å². The van der Waals surface area contributed by atoms with Crippen LogP contribution in [0.3, 0.4) is 0 Å². The quantitative estimate of drug-likeness (QED) is 0.584. The van der Waals surface area contributed by atoms with E-state index in [4.69, 9.17) is 9.47 Å². The van der Waals surface area contributed by atoms with E-state index in [-0.39, 0.29) is 0 Å². The summed E-state index contributed by atoms with van der Waals surface area (Å²) in [5, 5.41) is 7.40. The monoisotopic (exact) mass is 229 g/mol. The van der Waals surface area contributed by atoms with Gasteiger partial charge in [0.25, 0.3) is 0 Å². The van der Waals surface area contributed by atoms with Gasteiger partial charge in [0.05, 0.1) is 19.3 Å². The summed E-state index contributed by atoms with van der Waals surface area (Å²) in [7, 11) is 0. The molecule has 84 valence electrons. The zero-order valence-corrected chi connectivity index (χ0v) is 9.33. The van der Waals surface area contributed by atoms with E-state index in [2.05, 4.69) is 15.2 Å². The fraction of sp³-hybridized carbons (Fsp3) is 0.778. The lowest BCUT2D eigenvalue weighted by Gasteiger charge is -2.09. The molecule has 0 radical (unpaired) electrons. The Balaban J connectivity index is 1.48. The predicted molar refractivity (Wildman–Crippen MR) is 56.9 cm³/mol. The van der Waals surface area contributed by atoms with E-state index >= 15 is 0 Å². The van der Waals surface area contributed by atoms with Crippen molar-refractivity contribution in [2.24, 2.45) is 0 Å². The fourth-order valence-corrected chi connectivity index (χ4v) is 2.09. The SMILES string of the molecule is c1n[nH]c(SCCOC[C@H]2CCCO2)n1. The molecule has 0 aromatic carbocycles. The molecule has 1 aromatic rings. The van der Waals surface area contributed by atoms with Gasteiger partial charge in [0.2, 0.25) is 0 Å². The molecule has 0 bridgehead atoms. The average Bonchev–Trinajstić information content (AvgIpc) is 2.88. The summed E-state index contributed by atoms with van der Waals surface area (Å²) in [4.78, 5) is 4.01. The van der Waals surface area contributed by atoms with Gasteiger partial charge in [0, 0.05) is 12.4 Å². The van der Waals surface area contributed by atoms with Gasteiger partial charge in [0.1, 0.15) is 6.33 Å². The highest BCUT2D eigenvalue weighted by atomic mass is 32.2. The topological polar surface area (TPSA) is 60.0 Å². The molecule has 15 heavy (non-hydrogen) atoms. The third-order valence-corrected chi connectivity index (χ3v) is 3.03. The van der Waals surface area contributed by atoms with Gasteiger partial charge in [-0.05, 0) is 12.8 Å². The van der Waals surface area contributed by atoms with E-state index in [9.17, 15) is 0 Å². The Labute approximate surface area is 92.9 Å². The smallest absolute Gasteiger partial charge is 0.183 e. The Morgan fingerprint density at radius 1 is 1.67 bits per heavy atom. The van der Waals surface area contributed by atoms with Crippen molar-refractivity contribution in [2.45, 2.75) is 24.1 Å². The maximum Gasteiger partial charge on any atom is 0.183 e. The van der Waals surface area contributed by atoms with Crippen LogP contribution in [0.4, 0.5) is 0 Å². The van der Waals surface area contributed by atoms with Crippen molar-refractivity contribution in [3.8, 4) is 0 Å². The Bertz CT molecular complexity index is 262. The summed E-state index contributed by atoms with van der Waals surface area (Å²) in [6.45, 7) is 2.34. The lowest BCUT2D eigenvalue weighted by molar-refractivity contribution is 0.0226. The standard InChI is InChI=1S/C9H15N3O2S/c1-2-8(14-3-1)6-13-4-5-15-9-10-7-11-12-9/h7-8H,1-6H2,(H,10,11,12)/t8-/m1/s1. The molecule has 1 N–H and O–H groups in total. The first-order valence-corrected chi connectivity index (χ1v) is 6.11. The lowest BCUT2D eigenvalue weighted by Crippen LogP contribution is -2.15. The number of rotatable bonds is 6. The highest BCUT2D eigenvalue weighted by Gasteiger charge is 2.14. The van der Waals surface area contributed by atoms with Crippen molar-refractivity contribution in [2.75, 3.05) is 25.6 Å². The number of nitrogens with zero attached hydrogens (tertiary/aromatic N) is 2. The summed E-state index contributed by atoms with van der Waals surface area (Å²) in [6, 6.07) is 0. The first-order chi connectivity index (χ1) is 7.45. The van der Waals surface area contributed by atoms with Gasteiger partial charge < -0.3 is 9.47 Å². The van der Waals surface area contributed by atoms with Gasteiger partial charge in [0.15, 0.2) is 5.16 Å². The molecular formula is C9H15N3O2S. The first-order valence-electron chi connectivity index (χ1n) is 5.12. The summed E-state index contributed by atoms with van der Waals surface area (Å²) < 4.78 is 11.0. The van der Waals surface area contributed by atoms with Gasteiger partial charge >= 0.3 is 0 Å². The summed E-state index contributed by atoms with van der Waals surface area (Å²) in [5.74, 6) is 0.891. The Kier molecular flexibility index (Phi) is 4.43. The molecule has 0 unspecified atom stereocenters. The molecule has 2 heterocycles. The minimum atomic E-state index is 0.320. The molecule has 0 saturated carbocycles. The Morgan fingerprint density at radius 2 is 2.67 bits per heavy atom. The molecule has 6 heteroatoms. The molecule has 1 aromatic heterocycles. The number of aromatic nitrogens is 3. The minimum absolute atomic E-state index is 0.320. The van der Waals surface area contributed by atoms with Gasteiger partial charge in [-0.2, -0.15) is 5.10 Å². The van der Waals surface area contributed by atoms with E-state index in [1.807, 2.05) is 0 Å². The first kappa shape index (κ1) is 10.9. The van der Waals surface area contributed by atoms with Gasteiger partial charge in [-0.3, -0.25) is 5.10 Å². The van der Waals surface area contributed by atoms with E-state index < -0.39 is 0 Å². The summed E-state index contributed by atoms with van der Waals surface area (Å²) in [5.41, 5.74) is 0. The van der Waals surface area contributed by atoms with Crippen LogP contribution in [-0.2, 0) is 9.47 Å². The molecule has 0 amide bonds. The number of nitrogens with one attached hydrogen (secondary N) is 1. The number of ether oxygens (including phenoxy) is 2. The van der Waals surface area contributed by atoms with Crippen LogP contribution < -0.4 is 0 Å². The molecule has 0 spiro atoms. The zero-order valence-electron chi connectivity index (χ0n) is 8.52. The second kappa shape index (κ2) is 6.09. The van der Waals surface area contributed by atoms with Crippen LogP contribution in [0.1, 0.15) is 12.8 Å². The second-order valence-corrected chi connectivity index (χ2v) is 4.43. The maximum atomic E-state index is 5.51. The number of hydrogen-bond acceptors (Lipinski definition) is 5. The molecule has 1 aliphatic heterocycles. The molecule has 1 aliphatic rings. The van der Waals surface area contributed by atoms with Crippen LogP contribution in [0.5, 0.6) is 0 Å². The van der Waals surface area contributed by atoms with E-state index in [1.165, 1.54) is 12.7 Å². The minimum Gasteiger partial charge on any atom is -0.378 e. The molecule has 1 atom stereocenters. The largest absolute Gasteiger partial charge is 0.378 e. The van der Waals surface area contributed by atoms with Crippen LogP contribution >= 0.6 is 11.8 Å². The average molecular weight is 229 g/mol. The number of hydrogen-bond donors (Lipinski definition) is 1. The number of aromatic amines is 1. The van der Waals surface area contributed by atoms with Crippen molar-refractivity contribution >= 4 is 11.8 Å². The maximum absolute atomic E-state index is 5.51. The van der Waals surface area contributed by atoms with Crippen molar-refractivity contribution < 1.29 is 9.47 Å². The third kappa shape index (κ3) is 3.81. The van der Waals surface area contributed by atoms with Gasteiger partial charge in [-0.15, -0.1) is 0 Å². The normalized spacial score (nSPS) is 20.9. The predicted octanol–water partition coefficient (Wildman–Crippen LogP) is 1.09.